The van der Waals surface area contributed by atoms with Gasteiger partial charge in [0.15, 0.2) is 0 Å². The number of rotatable bonds is 3. The number of carbonyl (C=O) groups is 1. The molecule has 1 heterocycles. The van der Waals surface area contributed by atoms with Crippen LogP contribution in [0.4, 0.5) is 18.9 Å². The fourth-order valence-electron chi connectivity index (χ4n) is 1.14. The third-order valence-corrected chi connectivity index (χ3v) is 1.73. The molecule has 0 amide bonds. The number of ether oxygens (including phenoxy) is 1. The van der Waals surface area contributed by atoms with Gasteiger partial charge < -0.3 is 10.5 Å². The number of nitrogen functional groups attached to an aromatic ring is 1. The Kier molecular flexibility index (Phi) is 3.70. The molecule has 1 aromatic heterocycles. The lowest BCUT2D eigenvalue weighted by molar-refractivity contribution is 0.0514. The molecule has 0 fully saturated rings. The highest BCUT2D eigenvalue weighted by Gasteiger charge is 2.25. The average molecular weight is 234 g/mol. The molecule has 0 saturated carbocycles. The van der Waals surface area contributed by atoms with E-state index in [0.717, 1.165) is 0 Å². The van der Waals surface area contributed by atoms with Crippen LogP contribution in [0.25, 0.3) is 0 Å². The van der Waals surface area contributed by atoms with E-state index in [1.54, 1.807) is 0 Å². The normalized spacial score (nSPS) is 10.6. The number of aromatic nitrogens is 1. The van der Waals surface area contributed by atoms with Crippen LogP contribution in [0.2, 0.25) is 0 Å². The van der Waals surface area contributed by atoms with Crippen molar-refractivity contribution in [3.05, 3.63) is 23.3 Å². The van der Waals surface area contributed by atoms with Crippen LogP contribution in [0.3, 0.4) is 0 Å². The molecule has 1 rings (SSSR count). The standard InChI is InChI=1S/C9H9F3N2O2/c1-2-16-9(15)6-4(13)3-5(10)14-7(6)8(11)12/h3,8H,2H2,1H3,(H2,13,14). The van der Waals surface area contributed by atoms with Gasteiger partial charge in [-0.2, -0.15) is 4.39 Å². The van der Waals surface area contributed by atoms with E-state index in [1.165, 1.54) is 6.92 Å². The van der Waals surface area contributed by atoms with E-state index >= 15 is 0 Å². The second-order valence-corrected chi connectivity index (χ2v) is 2.82. The molecule has 4 nitrogen and oxygen atoms in total. The summed E-state index contributed by atoms with van der Waals surface area (Å²) < 4.78 is 42.3. The van der Waals surface area contributed by atoms with Crippen molar-refractivity contribution < 1.29 is 22.7 Å². The Morgan fingerprint density at radius 2 is 2.25 bits per heavy atom. The predicted octanol–water partition coefficient (Wildman–Crippen LogP) is 1.92. The zero-order valence-corrected chi connectivity index (χ0v) is 8.34. The molecule has 0 aliphatic heterocycles. The van der Waals surface area contributed by atoms with Crippen molar-refractivity contribution in [1.82, 2.24) is 4.98 Å². The number of esters is 1. The van der Waals surface area contributed by atoms with Crippen LogP contribution in [0.5, 0.6) is 0 Å². The van der Waals surface area contributed by atoms with Gasteiger partial charge in [-0.05, 0) is 6.92 Å². The number of nitrogens with two attached hydrogens (primary N) is 1. The molecule has 7 heteroatoms. The lowest BCUT2D eigenvalue weighted by atomic mass is 10.1. The largest absolute Gasteiger partial charge is 0.462 e. The van der Waals surface area contributed by atoms with Crippen molar-refractivity contribution in [2.24, 2.45) is 0 Å². The van der Waals surface area contributed by atoms with Crippen LogP contribution in [0.1, 0.15) is 29.4 Å². The maximum atomic E-state index is 12.7. The summed E-state index contributed by atoms with van der Waals surface area (Å²) in [5, 5.41) is 0. The third kappa shape index (κ3) is 2.41. The van der Waals surface area contributed by atoms with E-state index in [2.05, 4.69) is 9.72 Å². The highest BCUT2D eigenvalue weighted by molar-refractivity contribution is 5.96. The van der Waals surface area contributed by atoms with E-state index in [1.807, 2.05) is 0 Å². The van der Waals surface area contributed by atoms with Crippen LogP contribution in [0.15, 0.2) is 6.07 Å². The van der Waals surface area contributed by atoms with Gasteiger partial charge in [0.25, 0.3) is 6.43 Å². The van der Waals surface area contributed by atoms with Crippen LogP contribution >= 0.6 is 0 Å². The van der Waals surface area contributed by atoms with Gasteiger partial charge in [-0.1, -0.05) is 0 Å². The summed E-state index contributed by atoms with van der Waals surface area (Å²) in [4.78, 5) is 14.2. The molecular formula is C9H9F3N2O2. The Balaban J connectivity index is 3.29. The molecule has 0 aliphatic carbocycles. The minimum absolute atomic E-state index is 0.00166. The molecule has 0 saturated heterocycles. The fourth-order valence-corrected chi connectivity index (χ4v) is 1.14. The Labute approximate surface area is 89.2 Å². The summed E-state index contributed by atoms with van der Waals surface area (Å²) in [5.41, 5.74) is 3.27. The van der Waals surface area contributed by atoms with Crippen molar-refractivity contribution in [2.45, 2.75) is 13.3 Å². The van der Waals surface area contributed by atoms with Crippen LogP contribution in [-0.4, -0.2) is 17.6 Å². The van der Waals surface area contributed by atoms with Crippen LogP contribution < -0.4 is 5.73 Å². The molecule has 88 valence electrons. The number of anilines is 1. The van der Waals surface area contributed by atoms with E-state index in [9.17, 15) is 18.0 Å². The fraction of sp³-hybridized carbons (Fsp3) is 0.333. The predicted molar refractivity (Wildman–Crippen MR) is 49.5 cm³/mol. The molecule has 0 bridgehead atoms. The third-order valence-electron chi connectivity index (χ3n) is 1.73. The SMILES string of the molecule is CCOC(=O)c1c(N)cc(F)nc1C(F)F. The number of hydrogen-bond acceptors (Lipinski definition) is 4. The van der Waals surface area contributed by atoms with Crippen molar-refractivity contribution in [2.75, 3.05) is 12.3 Å². The zero-order chi connectivity index (χ0) is 12.3. The maximum absolute atomic E-state index is 12.7. The van der Waals surface area contributed by atoms with Gasteiger partial charge >= 0.3 is 5.97 Å². The van der Waals surface area contributed by atoms with Gasteiger partial charge in [-0.3, -0.25) is 0 Å². The van der Waals surface area contributed by atoms with Gasteiger partial charge in [0.2, 0.25) is 5.95 Å². The van der Waals surface area contributed by atoms with E-state index in [-0.39, 0.29) is 6.61 Å². The maximum Gasteiger partial charge on any atom is 0.342 e. The lowest BCUT2D eigenvalue weighted by Crippen LogP contribution is -2.14. The smallest absolute Gasteiger partial charge is 0.342 e. The summed E-state index contributed by atoms with van der Waals surface area (Å²) in [6, 6.07) is 0.693. The first-order valence-corrected chi connectivity index (χ1v) is 4.38. The Hall–Kier alpha value is -1.79. The number of pyridine rings is 1. The average Bonchev–Trinajstić information content (AvgIpc) is 2.16. The second-order valence-electron chi connectivity index (χ2n) is 2.82. The second kappa shape index (κ2) is 4.82. The van der Waals surface area contributed by atoms with Crippen molar-refractivity contribution in [3.63, 3.8) is 0 Å². The van der Waals surface area contributed by atoms with Gasteiger partial charge in [-0.25, -0.2) is 18.6 Å². The minimum Gasteiger partial charge on any atom is -0.462 e. The van der Waals surface area contributed by atoms with Gasteiger partial charge in [0.05, 0.1) is 12.3 Å². The number of carbonyl (C=O) groups excluding carboxylic acids is 1. The topological polar surface area (TPSA) is 65.2 Å². The van der Waals surface area contributed by atoms with Gasteiger partial charge in [-0.15, -0.1) is 0 Å². The van der Waals surface area contributed by atoms with Crippen LogP contribution in [-0.2, 0) is 4.74 Å². The summed E-state index contributed by atoms with van der Waals surface area (Å²) in [7, 11) is 0. The molecule has 0 spiro atoms. The summed E-state index contributed by atoms with van der Waals surface area (Å²) in [5.74, 6) is -2.20. The van der Waals surface area contributed by atoms with E-state index in [4.69, 9.17) is 5.73 Å². The number of nitrogens with zero attached hydrogens (tertiary/aromatic N) is 1. The van der Waals surface area contributed by atoms with Gasteiger partial charge in [0.1, 0.15) is 11.3 Å². The number of hydrogen-bond donors (Lipinski definition) is 1. The molecule has 0 atom stereocenters. The summed E-state index contributed by atoms with van der Waals surface area (Å²) >= 11 is 0. The van der Waals surface area contributed by atoms with E-state index < -0.39 is 35.3 Å². The molecule has 0 unspecified atom stereocenters. The van der Waals surface area contributed by atoms with Crippen molar-refractivity contribution in [1.29, 1.82) is 0 Å². The number of halogens is 3. The molecule has 16 heavy (non-hydrogen) atoms. The first-order valence-electron chi connectivity index (χ1n) is 4.38. The molecule has 1 aromatic rings. The highest BCUT2D eigenvalue weighted by Crippen LogP contribution is 2.26. The Morgan fingerprint density at radius 1 is 1.62 bits per heavy atom. The van der Waals surface area contributed by atoms with Gasteiger partial charge in [0, 0.05) is 6.07 Å². The first kappa shape index (κ1) is 12.3. The molecule has 0 aromatic carbocycles. The Morgan fingerprint density at radius 3 is 2.75 bits per heavy atom. The number of alkyl halides is 2. The van der Waals surface area contributed by atoms with Crippen LogP contribution in [0, 0.1) is 5.95 Å². The van der Waals surface area contributed by atoms with Crippen molar-refractivity contribution >= 4 is 11.7 Å². The molecular weight excluding hydrogens is 225 g/mol. The minimum atomic E-state index is -3.10. The first-order chi connectivity index (χ1) is 7.47. The summed E-state index contributed by atoms with van der Waals surface area (Å²) in [6.07, 6.45) is -3.10. The van der Waals surface area contributed by atoms with E-state index in [0.29, 0.717) is 6.07 Å². The molecule has 0 radical (unpaired) electrons. The summed E-state index contributed by atoms with van der Waals surface area (Å²) in [6.45, 7) is 1.51. The Bertz CT molecular complexity index is 410. The van der Waals surface area contributed by atoms with Crippen molar-refractivity contribution in [3.8, 4) is 0 Å². The lowest BCUT2D eigenvalue weighted by Gasteiger charge is -2.09. The molecule has 2 N–H and O–H groups in total. The monoisotopic (exact) mass is 234 g/mol. The highest BCUT2D eigenvalue weighted by atomic mass is 19.3. The molecule has 0 aliphatic rings. The zero-order valence-electron chi connectivity index (χ0n) is 8.34. The quantitative estimate of drug-likeness (QED) is 0.641.